The first kappa shape index (κ1) is 27.5. The largest absolute Gasteiger partial charge is 0.481 e. The van der Waals surface area contributed by atoms with Crippen LogP contribution in [-0.2, 0) is 23.9 Å². The van der Waals surface area contributed by atoms with Crippen LogP contribution in [0.25, 0.3) is 0 Å². The molecule has 4 N–H and O–H groups in total. The maximum absolute atomic E-state index is 13.5. The van der Waals surface area contributed by atoms with E-state index in [0.29, 0.717) is 6.61 Å². The molecule has 2 bridgehead atoms. The fourth-order valence-corrected chi connectivity index (χ4v) is 4.84. The predicted molar refractivity (Wildman–Crippen MR) is 114 cm³/mol. The second kappa shape index (κ2) is 11.6. The number of carboxylic acid groups (broad SMARTS) is 2. The molecule has 0 radical (unpaired) electrons. The van der Waals surface area contributed by atoms with Crippen molar-refractivity contribution in [1.29, 1.82) is 5.26 Å². The highest BCUT2D eigenvalue weighted by molar-refractivity contribution is 5.80. The molecule has 3 aliphatic carbocycles. The summed E-state index contributed by atoms with van der Waals surface area (Å²) < 4.78 is 18.7. The second-order valence-corrected chi connectivity index (χ2v) is 9.11. The number of carbonyl (C=O) groups is 4. The third-order valence-electron chi connectivity index (χ3n) is 6.94. The summed E-state index contributed by atoms with van der Waals surface area (Å²) >= 11 is 0. The number of carbonyl (C=O) groups excluding carboxylic acids is 2. The van der Waals surface area contributed by atoms with Gasteiger partial charge in [-0.3, -0.25) is 14.4 Å². The summed E-state index contributed by atoms with van der Waals surface area (Å²) in [6.07, 6.45) is 1.32. The molecule has 3 saturated carbocycles. The van der Waals surface area contributed by atoms with Crippen molar-refractivity contribution in [2.24, 2.45) is 5.41 Å². The average molecular weight is 486 g/mol. The number of amides is 1. The number of ether oxygens (including phenoxy) is 1. The lowest BCUT2D eigenvalue weighted by atomic mass is 9.57. The monoisotopic (exact) mass is 485 g/mol. The van der Waals surface area contributed by atoms with E-state index >= 15 is 0 Å². The third kappa shape index (κ3) is 6.64. The minimum Gasteiger partial charge on any atom is -0.481 e. The van der Waals surface area contributed by atoms with Gasteiger partial charge in [-0.25, -0.2) is 9.18 Å². The zero-order valence-electron chi connectivity index (χ0n) is 19.2. The Balaban J connectivity index is 0.000000387. The van der Waals surface area contributed by atoms with Gasteiger partial charge < -0.3 is 30.3 Å². The Bertz CT molecular complexity index is 805. The number of nitrogens with zero attached hydrogens (tertiary/aromatic N) is 2. The molecule has 1 heterocycles. The number of hydrogen-bond acceptors (Lipinski definition) is 8. The number of rotatable bonds is 8. The van der Waals surface area contributed by atoms with Crippen molar-refractivity contribution in [3.8, 4) is 6.07 Å². The molecule has 4 rings (SSSR count). The number of esters is 1. The first-order valence-electron chi connectivity index (χ1n) is 11.4. The summed E-state index contributed by atoms with van der Waals surface area (Å²) in [6.45, 7) is 2.37. The van der Waals surface area contributed by atoms with Gasteiger partial charge >= 0.3 is 17.9 Å². The second-order valence-electron chi connectivity index (χ2n) is 9.11. The van der Waals surface area contributed by atoms with Crippen LogP contribution in [0.1, 0.15) is 58.3 Å². The van der Waals surface area contributed by atoms with Crippen LogP contribution in [0.5, 0.6) is 0 Å². The van der Waals surface area contributed by atoms with Crippen LogP contribution in [0.3, 0.4) is 0 Å². The maximum Gasteiger partial charge on any atom is 0.333 e. The van der Waals surface area contributed by atoms with Crippen molar-refractivity contribution in [1.82, 2.24) is 10.2 Å². The first-order valence-corrected chi connectivity index (χ1v) is 11.4. The van der Waals surface area contributed by atoms with Gasteiger partial charge in [0.05, 0.1) is 37.6 Å². The first-order chi connectivity index (χ1) is 16.0. The third-order valence-corrected chi connectivity index (χ3v) is 6.94. The molecular formula is C22H32FN3O8. The van der Waals surface area contributed by atoms with Gasteiger partial charge in [-0.15, -0.1) is 0 Å². The van der Waals surface area contributed by atoms with Crippen LogP contribution >= 0.6 is 0 Å². The number of aliphatic hydroxyl groups is 1. The highest BCUT2D eigenvalue weighted by Crippen LogP contribution is 2.52. The topological polar surface area (TPSA) is 177 Å². The van der Waals surface area contributed by atoms with Crippen molar-refractivity contribution in [2.75, 3.05) is 19.7 Å². The van der Waals surface area contributed by atoms with Crippen molar-refractivity contribution >= 4 is 23.8 Å². The van der Waals surface area contributed by atoms with Crippen LogP contribution < -0.4 is 5.32 Å². The van der Waals surface area contributed by atoms with Gasteiger partial charge in [-0.05, 0) is 45.4 Å². The number of likely N-dealkylation sites (tertiary alicyclic amines) is 1. The maximum atomic E-state index is 13.5. The van der Waals surface area contributed by atoms with Gasteiger partial charge in [-0.2, -0.15) is 5.26 Å². The fraction of sp³-hybridized carbons (Fsp3) is 0.773. The standard InChI is InChI=1S/C18H26FN3O3.C4H6O5/c1-2-25-16(24)17-3-6-18(7-4-17,8-5-17)21-11-15(23)22-12-13(19)9-14(22)10-20;5-2(4(8)9)1-3(6)7/h13-14,21H,2-9,11-12H2,1H3;2,5H,1H2,(H,6,7)(H,8,9)/t13-,14-,17?,18?;2-/m00/s1. The normalized spacial score (nSPS) is 30.5. The zero-order chi connectivity index (χ0) is 25.5. The number of carboxylic acids is 2. The smallest absolute Gasteiger partial charge is 0.333 e. The number of hydrogen-bond donors (Lipinski definition) is 4. The number of halogens is 1. The SMILES string of the molecule is CCOC(=O)C12CCC(NCC(=O)N3C[C@@H](F)C[C@H]3C#N)(CC1)CC2.O=C(O)C[C@H](O)C(=O)O. The van der Waals surface area contributed by atoms with Gasteiger partial charge in [-0.1, -0.05) is 0 Å². The highest BCUT2D eigenvalue weighted by atomic mass is 19.1. The molecule has 11 nitrogen and oxygen atoms in total. The van der Waals surface area contributed by atoms with E-state index in [1.807, 2.05) is 13.0 Å². The van der Waals surface area contributed by atoms with Crippen LogP contribution in [-0.4, -0.2) is 87.6 Å². The molecule has 190 valence electrons. The molecule has 1 aliphatic heterocycles. The molecule has 34 heavy (non-hydrogen) atoms. The molecule has 0 aromatic rings. The summed E-state index contributed by atoms with van der Waals surface area (Å²) in [5.74, 6) is -3.14. The average Bonchev–Trinajstić information content (AvgIpc) is 3.19. The molecule has 0 spiro atoms. The van der Waals surface area contributed by atoms with Crippen LogP contribution in [0, 0.1) is 16.7 Å². The Morgan fingerprint density at radius 2 is 1.76 bits per heavy atom. The van der Waals surface area contributed by atoms with E-state index in [0.717, 1.165) is 38.5 Å². The molecule has 4 fully saturated rings. The summed E-state index contributed by atoms with van der Waals surface area (Å²) in [5, 5.41) is 36.6. The minimum atomic E-state index is -1.79. The Hall–Kier alpha value is -2.78. The molecule has 0 aromatic heterocycles. The van der Waals surface area contributed by atoms with E-state index in [1.165, 1.54) is 4.90 Å². The number of fused-ring (bicyclic) bond motifs is 3. The molecule has 0 aromatic carbocycles. The predicted octanol–water partition coefficient (Wildman–Crippen LogP) is 0.601. The summed E-state index contributed by atoms with van der Waals surface area (Å²) in [7, 11) is 0. The summed E-state index contributed by atoms with van der Waals surface area (Å²) in [4.78, 5) is 45.4. The fourth-order valence-electron chi connectivity index (χ4n) is 4.84. The van der Waals surface area contributed by atoms with Gasteiger partial charge in [0.15, 0.2) is 6.10 Å². The molecule has 12 heteroatoms. The highest BCUT2D eigenvalue weighted by Gasteiger charge is 2.53. The van der Waals surface area contributed by atoms with Crippen LogP contribution in [0.15, 0.2) is 0 Å². The lowest BCUT2D eigenvalue weighted by molar-refractivity contribution is -0.163. The van der Waals surface area contributed by atoms with Crippen LogP contribution in [0.4, 0.5) is 4.39 Å². The molecular weight excluding hydrogens is 453 g/mol. The number of aliphatic hydroxyl groups excluding tert-OH is 1. The summed E-state index contributed by atoms with van der Waals surface area (Å²) in [5.41, 5.74) is -0.466. The van der Waals surface area contributed by atoms with Crippen molar-refractivity contribution in [3.05, 3.63) is 0 Å². The Kier molecular flexibility index (Phi) is 9.35. The van der Waals surface area contributed by atoms with Crippen LogP contribution in [0.2, 0.25) is 0 Å². The van der Waals surface area contributed by atoms with Gasteiger partial charge in [0.25, 0.3) is 0 Å². The lowest BCUT2D eigenvalue weighted by Gasteiger charge is -2.52. The number of alkyl halides is 1. The van der Waals surface area contributed by atoms with Gasteiger partial charge in [0.2, 0.25) is 5.91 Å². The molecule has 1 amide bonds. The molecule has 4 aliphatic rings. The van der Waals surface area contributed by atoms with E-state index in [-0.39, 0.29) is 42.3 Å². The van der Waals surface area contributed by atoms with E-state index in [9.17, 15) is 23.6 Å². The Morgan fingerprint density at radius 3 is 2.21 bits per heavy atom. The van der Waals surface area contributed by atoms with E-state index in [1.54, 1.807) is 0 Å². The minimum absolute atomic E-state index is 0.0116. The van der Waals surface area contributed by atoms with Crippen molar-refractivity contribution in [2.45, 2.75) is 82.1 Å². The van der Waals surface area contributed by atoms with E-state index in [4.69, 9.17) is 25.3 Å². The van der Waals surface area contributed by atoms with Gasteiger partial charge in [0.1, 0.15) is 12.2 Å². The summed E-state index contributed by atoms with van der Waals surface area (Å²) in [6, 6.07) is 1.35. The number of nitrogens with one attached hydrogen (secondary N) is 1. The van der Waals surface area contributed by atoms with Gasteiger partial charge in [0, 0.05) is 12.0 Å². The number of aliphatic carboxylic acids is 2. The molecule has 1 saturated heterocycles. The quantitative estimate of drug-likeness (QED) is 0.356. The molecule has 3 atom stereocenters. The Labute approximate surface area is 196 Å². The number of nitriles is 1. The van der Waals surface area contributed by atoms with Crippen molar-refractivity contribution < 1.29 is 43.6 Å². The molecule has 0 unspecified atom stereocenters. The van der Waals surface area contributed by atoms with E-state index in [2.05, 4.69) is 5.32 Å². The Morgan fingerprint density at radius 1 is 1.18 bits per heavy atom. The van der Waals surface area contributed by atoms with Crippen molar-refractivity contribution in [3.63, 3.8) is 0 Å². The lowest BCUT2D eigenvalue weighted by Crippen LogP contribution is -2.58. The zero-order valence-corrected chi connectivity index (χ0v) is 19.2. The van der Waals surface area contributed by atoms with E-state index < -0.39 is 36.7 Å².